The summed E-state index contributed by atoms with van der Waals surface area (Å²) in [5.41, 5.74) is 4.95. The van der Waals surface area contributed by atoms with Crippen LogP contribution in [0.1, 0.15) is 15.9 Å². The van der Waals surface area contributed by atoms with E-state index in [9.17, 15) is 4.79 Å². The van der Waals surface area contributed by atoms with Gasteiger partial charge in [-0.15, -0.1) is 0 Å². The predicted molar refractivity (Wildman–Crippen MR) is 133 cm³/mol. The molecule has 0 N–H and O–H groups in total. The number of hydrogen-bond acceptors (Lipinski definition) is 5. The van der Waals surface area contributed by atoms with Crippen LogP contribution in [0, 0.1) is 0 Å². The zero-order chi connectivity index (χ0) is 23.6. The van der Waals surface area contributed by atoms with Crippen LogP contribution in [0.15, 0.2) is 85.1 Å². The van der Waals surface area contributed by atoms with Gasteiger partial charge in [-0.2, -0.15) is 5.10 Å². The standard InChI is InChI=1S/C28H26N4O3/c33-28(22-11-12-25-26(17-22)35-20-34-25)31-15-13-30(14-16-31)18-23-19-32(24-9-5-2-6-10-24)29-27(23)21-7-3-1-4-8-21/h1-12,17,19H,13-16,18,20H2. The molecule has 0 bridgehead atoms. The van der Waals surface area contributed by atoms with Gasteiger partial charge >= 0.3 is 0 Å². The fourth-order valence-electron chi connectivity index (χ4n) is 4.64. The van der Waals surface area contributed by atoms with E-state index in [1.807, 2.05) is 52.0 Å². The quantitative estimate of drug-likeness (QED) is 0.441. The number of hydrogen-bond donors (Lipinski definition) is 0. The summed E-state index contributed by atoms with van der Waals surface area (Å²) >= 11 is 0. The van der Waals surface area contributed by atoms with Crippen LogP contribution in [0.3, 0.4) is 0 Å². The van der Waals surface area contributed by atoms with Crippen molar-refractivity contribution >= 4 is 5.91 Å². The molecule has 7 heteroatoms. The predicted octanol–water partition coefficient (Wildman–Crippen LogP) is 4.23. The first kappa shape index (κ1) is 21.4. The Kier molecular flexibility index (Phi) is 5.68. The molecule has 0 unspecified atom stereocenters. The fourth-order valence-corrected chi connectivity index (χ4v) is 4.64. The van der Waals surface area contributed by atoms with E-state index >= 15 is 0 Å². The van der Waals surface area contributed by atoms with E-state index in [0.717, 1.165) is 36.6 Å². The first-order valence-corrected chi connectivity index (χ1v) is 11.9. The van der Waals surface area contributed by atoms with Gasteiger partial charge in [0.05, 0.1) is 11.4 Å². The molecule has 7 nitrogen and oxygen atoms in total. The molecule has 0 saturated carbocycles. The second-order valence-electron chi connectivity index (χ2n) is 8.79. The smallest absolute Gasteiger partial charge is 0.254 e. The lowest BCUT2D eigenvalue weighted by Gasteiger charge is -2.34. The van der Waals surface area contributed by atoms with Gasteiger partial charge in [0.1, 0.15) is 0 Å². The van der Waals surface area contributed by atoms with Gasteiger partial charge in [0.25, 0.3) is 5.91 Å². The molecule has 1 amide bonds. The van der Waals surface area contributed by atoms with Gasteiger partial charge in [-0.1, -0.05) is 48.5 Å². The third-order valence-electron chi connectivity index (χ3n) is 6.53. The van der Waals surface area contributed by atoms with E-state index in [1.54, 1.807) is 12.1 Å². The van der Waals surface area contributed by atoms with Crippen LogP contribution in [0.5, 0.6) is 11.5 Å². The van der Waals surface area contributed by atoms with Crippen molar-refractivity contribution in [3.63, 3.8) is 0 Å². The number of amides is 1. The summed E-state index contributed by atoms with van der Waals surface area (Å²) in [6.45, 7) is 3.96. The van der Waals surface area contributed by atoms with Gasteiger partial charge in [-0.05, 0) is 30.3 Å². The van der Waals surface area contributed by atoms with Gasteiger partial charge in [0, 0.05) is 55.6 Å². The molecule has 6 rings (SSSR count). The maximum Gasteiger partial charge on any atom is 0.254 e. The van der Waals surface area contributed by atoms with Gasteiger partial charge in [-0.25, -0.2) is 4.68 Å². The van der Waals surface area contributed by atoms with Gasteiger partial charge in [-0.3, -0.25) is 9.69 Å². The Bertz CT molecular complexity index is 1330. The maximum atomic E-state index is 13.1. The second-order valence-corrected chi connectivity index (χ2v) is 8.79. The van der Waals surface area contributed by atoms with Crippen molar-refractivity contribution in [2.75, 3.05) is 33.0 Å². The minimum Gasteiger partial charge on any atom is -0.454 e. The molecule has 1 aromatic heterocycles. The number of piperazine rings is 1. The first-order chi connectivity index (χ1) is 17.2. The average Bonchev–Trinajstić information content (AvgIpc) is 3.56. The van der Waals surface area contributed by atoms with E-state index in [2.05, 4.69) is 35.4 Å². The van der Waals surface area contributed by atoms with Crippen LogP contribution in [-0.4, -0.2) is 58.5 Å². The molecule has 1 saturated heterocycles. The van der Waals surface area contributed by atoms with E-state index in [4.69, 9.17) is 14.6 Å². The molecular formula is C28H26N4O3. The molecule has 3 heterocycles. The summed E-state index contributed by atoms with van der Waals surface area (Å²) < 4.78 is 12.7. The van der Waals surface area contributed by atoms with E-state index < -0.39 is 0 Å². The zero-order valence-electron chi connectivity index (χ0n) is 19.3. The lowest BCUT2D eigenvalue weighted by molar-refractivity contribution is 0.0628. The number of fused-ring (bicyclic) bond motifs is 1. The summed E-state index contributed by atoms with van der Waals surface area (Å²) in [4.78, 5) is 17.4. The Morgan fingerprint density at radius 3 is 2.31 bits per heavy atom. The highest BCUT2D eigenvalue weighted by Crippen LogP contribution is 2.33. The van der Waals surface area contributed by atoms with Crippen LogP contribution < -0.4 is 9.47 Å². The van der Waals surface area contributed by atoms with Crippen LogP contribution in [0.25, 0.3) is 16.9 Å². The molecule has 4 aromatic rings. The number of carbonyl (C=O) groups is 1. The van der Waals surface area contributed by atoms with Crippen LogP contribution in [0.4, 0.5) is 0 Å². The average molecular weight is 467 g/mol. The number of ether oxygens (including phenoxy) is 2. The third kappa shape index (κ3) is 4.38. The van der Waals surface area contributed by atoms with Crippen molar-refractivity contribution in [2.24, 2.45) is 0 Å². The molecule has 0 atom stereocenters. The lowest BCUT2D eigenvalue weighted by Crippen LogP contribution is -2.48. The van der Waals surface area contributed by atoms with Crippen molar-refractivity contribution in [1.29, 1.82) is 0 Å². The van der Waals surface area contributed by atoms with Crippen molar-refractivity contribution < 1.29 is 14.3 Å². The summed E-state index contributed by atoms with van der Waals surface area (Å²) in [5, 5.41) is 4.93. The molecule has 2 aliphatic heterocycles. The van der Waals surface area contributed by atoms with E-state index in [0.29, 0.717) is 30.2 Å². The molecular weight excluding hydrogens is 440 g/mol. The highest BCUT2D eigenvalue weighted by atomic mass is 16.7. The number of aromatic nitrogens is 2. The molecule has 3 aromatic carbocycles. The van der Waals surface area contributed by atoms with Gasteiger partial charge < -0.3 is 14.4 Å². The summed E-state index contributed by atoms with van der Waals surface area (Å²) in [5.74, 6) is 1.36. The Morgan fingerprint density at radius 2 is 1.54 bits per heavy atom. The van der Waals surface area contributed by atoms with Crippen LogP contribution in [0.2, 0.25) is 0 Å². The molecule has 0 spiro atoms. The SMILES string of the molecule is O=C(c1ccc2c(c1)OCO2)N1CCN(Cc2cn(-c3ccccc3)nc2-c2ccccc2)CC1. The monoisotopic (exact) mass is 466 g/mol. The summed E-state index contributed by atoms with van der Waals surface area (Å²) in [7, 11) is 0. The normalized spacial score (nSPS) is 15.4. The largest absolute Gasteiger partial charge is 0.454 e. The van der Waals surface area contributed by atoms with Crippen molar-refractivity contribution in [2.45, 2.75) is 6.54 Å². The Morgan fingerprint density at radius 1 is 0.829 bits per heavy atom. The Balaban J connectivity index is 1.17. The van der Waals surface area contributed by atoms with Crippen LogP contribution in [-0.2, 0) is 6.54 Å². The van der Waals surface area contributed by atoms with Crippen molar-refractivity contribution in [3.8, 4) is 28.4 Å². The van der Waals surface area contributed by atoms with Gasteiger partial charge in [0.15, 0.2) is 11.5 Å². The number of nitrogens with zero attached hydrogens (tertiary/aromatic N) is 4. The number of para-hydroxylation sites is 1. The Labute approximate surface area is 204 Å². The molecule has 176 valence electrons. The zero-order valence-corrected chi connectivity index (χ0v) is 19.3. The fraction of sp³-hybridized carbons (Fsp3) is 0.214. The maximum absolute atomic E-state index is 13.1. The minimum atomic E-state index is 0.0322. The highest BCUT2D eigenvalue weighted by Gasteiger charge is 2.25. The van der Waals surface area contributed by atoms with Gasteiger partial charge in [0.2, 0.25) is 6.79 Å². The minimum absolute atomic E-state index is 0.0322. The molecule has 2 aliphatic rings. The molecule has 1 fully saturated rings. The summed E-state index contributed by atoms with van der Waals surface area (Å²) in [6.07, 6.45) is 2.13. The third-order valence-corrected chi connectivity index (χ3v) is 6.53. The highest BCUT2D eigenvalue weighted by molar-refractivity contribution is 5.95. The van der Waals surface area contributed by atoms with Crippen molar-refractivity contribution in [1.82, 2.24) is 19.6 Å². The summed E-state index contributed by atoms with van der Waals surface area (Å²) in [6, 6.07) is 25.9. The van der Waals surface area contributed by atoms with E-state index in [1.165, 1.54) is 5.56 Å². The molecule has 0 aliphatic carbocycles. The number of rotatable bonds is 5. The number of carbonyl (C=O) groups excluding carboxylic acids is 1. The Hall–Kier alpha value is -4.10. The van der Waals surface area contributed by atoms with Crippen molar-refractivity contribution in [3.05, 3.63) is 96.2 Å². The second kappa shape index (κ2) is 9.27. The number of benzene rings is 3. The first-order valence-electron chi connectivity index (χ1n) is 11.9. The lowest BCUT2D eigenvalue weighted by atomic mass is 10.1. The topological polar surface area (TPSA) is 59.8 Å². The molecule has 35 heavy (non-hydrogen) atoms. The van der Waals surface area contributed by atoms with Crippen LogP contribution >= 0.6 is 0 Å². The molecule has 0 radical (unpaired) electrons. The van der Waals surface area contributed by atoms with E-state index in [-0.39, 0.29) is 12.7 Å².